The fourth-order valence-electron chi connectivity index (χ4n) is 1.75. The molecule has 1 unspecified atom stereocenters. The Balaban J connectivity index is 1.88. The van der Waals surface area contributed by atoms with Gasteiger partial charge in [0.05, 0.1) is 5.69 Å². The molecular formula is C11H15FN2. The highest BCUT2D eigenvalue weighted by Crippen LogP contribution is 2.14. The summed E-state index contributed by atoms with van der Waals surface area (Å²) in [5, 5.41) is 6.43. The van der Waals surface area contributed by atoms with Crippen LogP contribution in [0.3, 0.4) is 0 Å². The first-order valence-electron chi connectivity index (χ1n) is 5.05. The van der Waals surface area contributed by atoms with E-state index in [0.29, 0.717) is 11.6 Å². The summed E-state index contributed by atoms with van der Waals surface area (Å²) < 4.78 is 13.2. The zero-order valence-corrected chi connectivity index (χ0v) is 8.09. The van der Waals surface area contributed by atoms with E-state index in [9.17, 15) is 4.39 Å². The van der Waals surface area contributed by atoms with Crippen molar-refractivity contribution in [1.82, 2.24) is 5.32 Å². The highest BCUT2D eigenvalue weighted by Gasteiger charge is 2.14. The number of rotatable bonds is 3. The van der Waals surface area contributed by atoms with Crippen LogP contribution >= 0.6 is 0 Å². The Morgan fingerprint density at radius 2 is 2.29 bits per heavy atom. The number of hydrogen-bond acceptors (Lipinski definition) is 2. The fraction of sp³-hybridized carbons (Fsp3) is 0.455. The van der Waals surface area contributed by atoms with Crippen LogP contribution in [0, 0.1) is 11.7 Å². The van der Waals surface area contributed by atoms with E-state index in [0.717, 1.165) is 19.6 Å². The normalized spacial score (nSPS) is 21.1. The van der Waals surface area contributed by atoms with Gasteiger partial charge in [0, 0.05) is 6.54 Å². The van der Waals surface area contributed by atoms with E-state index in [1.165, 1.54) is 12.5 Å². The predicted octanol–water partition coefficient (Wildman–Crippen LogP) is 1.85. The van der Waals surface area contributed by atoms with Gasteiger partial charge in [0.1, 0.15) is 5.82 Å². The molecule has 3 heteroatoms. The summed E-state index contributed by atoms with van der Waals surface area (Å²) in [7, 11) is 0. The maximum atomic E-state index is 13.2. The Labute approximate surface area is 83.5 Å². The van der Waals surface area contributed by atoms with Crippen LogP contribution in [0.15, 0.2) is 24.3 Å². The lowest BCUT2D eigenvalue weighted by Gasteiger charge is -2.11. The molecule has 1 aliphatic heterocycles. The zero-order chi connectivity index (χ0) is 9.80. The maximum Gasteiger partial charge on any atom is 0.146 e. The monoisotopic (exact) mass is 194 g/mol. The van der Waals surface area contributed by atoms with Crippen LogP contribution in [-0.2, 0) is 0 Å². The Morgan fingerprint density at radius 1 is 1.43 bits per heavy atom. The van der Waals surface area contributed by atoms with E-state index >= 15 is 0 Å². The summed E-state index contributed by atoms with van der Waals surface area (Å²) in [6.07, 6.45) is 1.18. The lowest BCUT2D eigenvalue weighted by molar-refractivity contribution is 0.602. The smallest absolute Gasteiger partial charge is 0.146 e. The highest BCUT2D eigenvalue weighted by molar-refractivity contribution is 5.44. The molecule has 0 saturated carbocycles. The Kier molecular flexibility index (Phi) is 2.99. The summed E-state index contributed by atoms with van der Waals surface area (Å²) in [6, 6.07) is 6.81. The average molecular weight is 194 g/mol. The van der Waals surface area contributed by atoms with Crippen LogP contribution < -0.4 is 10.6 Å². The predicted molar refractivity (Wildman–Crippen MR) is 55.9 cm³/mol. The van der Waals surface area contributed by atoms with Crippen molar-refractivity contribution < 1.29 is 4.39 Å². The largest absolute Gasteiger partial charge is 0.382 e. The third-order valence-corrected chi connectivity index (χ3v) is 2.62. The number of benzene rings is 1. The molecule has 1 atom stereocenters. The lowest BCUT2D eigenvalue weighted by Crippen LogP contribution is -2.17. The van der Waals surface area contributed by atoms with Gasteiger partial charge in [-0.15, -0.1) is 0 Å². The van der Waals surface area contributed by atoms with Gasteiger partial charge in [-0.1, -0.05) is 12.1 Å². The van der Waals surface area contributed by atoms with Gasteiger partial charge < -0.3 is 10.6 Å². The molecule has 76 valence electrons. The molecule has 0 aliphatic carbocycles. The minimum Gasteiger partial charge on any atom is -0.382 e. The van der Waals surface area contributed by atoms with Crippen molar-refractivity contribution in [2.45, 2.75) is 6.42 Å². The van der Waals surface area contributed by atoms with Crippen LogP contribution in [0.1, 0.15) is 6.42 Å². The van der Waals surface area contributed by atoms with Crippen LogP contribution in [0.5, 0.6) is 0 Å². The Hall–Kier alpha value is -1.09. The molecule has 14 heavy (non-hydrogen) atoms. The third kappa shape index (κ3) is 2.23. The minimum absolute atomic E-state index is 0.168. The third-order valence-electron chi connectivity index (χ3n) is 2.62. The molecule has 2 rings (SSSR count). The quantitative estimate of drug-likeness (QED) is 0.767. The molecule has 1 aromatic rings. The zero-order valence-electron chi connectivity index (χ0n) is 8.09. The van der Waals surface area contributed by atoms with Crippen LogP contribution in [0.4, 0.5) is 10.1 Å². The molecule has 0 spiro atoms. The molecule has 0 radical (unpaired) electrons. The van der Waals surface area contributed by atoms with Gasteiger partial charge in [-0.2, -0.15) is 0 Å². The second-order valence-electron chi connectivity index (χ2n) is 3.72. The van der Waals surface area contributed by atoms with Crippen LogP contribution in [0.2, 0.25) is 0 Å². The molecule has 2 N–H and O–H groups in total. The molecular weight excluding hydrogens is 179 g/mol. The molecule has 1 aliphatic rings. The van der Waals surface area contributed by atoms with Gasteiger partial charge in [0.25, 0.3) is 0 Å². The molecule has 0 amide bonds. The fourth-order valence-corrected chi connectivity index (χ4v) is 1.75. The summed E-state index contributed by atoms with van der Waals surface area (Å²) >= 11 is 0. The molecule has 0 aromatic heterocycles. The van der Waals surface area contributed by atoms with E-state index in [2.05, 4.69) is 10.6 Å². The van der Waals surface area contributed by atoms with Crippen LogP contribution in [0.25, 0.3) is 0 Å². The van der Waals surface area contributed by atoms with Crippen LogP contribution in [-0.4, -0.2) is 19.6 Å². The van der Waals surface area contributed by atoms with Crippen molar-refractivity contribution in [2.75, 3.05) is 25.0 Å². The average Bonchev–Trinajstić information content (AvgIpc) is 2.69. The summed E-state index contributed by atoms with van der Waals surface area (Å²) in [5.74, 6) is 0.466. The van der Waals surface area contributed by atoms with Crippen molar-refractivity contribution in [2.24, 2.45) is 5.92 Å². The molecule has 1 aromatic carbocycles. The topological polar surface area (TPSA) is 24.1 Å². The Bertz CT molecular complexity index is 295. The van der Waals surface area contributed by atoms with Crippen molar-refractivity contribution >= 4 is 5.69 Å². The second kappa shape index (κ2) is 4.42. The number of nitrogens with one attached hydrogen (secondary N) is 2. The first kappa shape index (κ1) is 9.46. The SMILES string of the molecule is Fc1ccccc1NCC1CCNC1. The number of para-hydroxylation sites is 1. The molecule has 1 fully saturated rings. The highest BCUT2D eigenvalue weighted by atomic mass is 19.1. The number of anilines is 1. The minimum atomic E-state index is -0.168. The Morgan fingerprint density at radius 3 is 3.00 bits per heavy atom. The number of halogens is 1. The molecule has 1 heterocycles. The summed E-state index contributed by atoms with van der Waals surface area (Å²) in [4.78, 5) is 0. The van der Waals surface area contributed by atoms with Gasteiger partial charge in [0.15, 0.2) is 0 Å². The van der Waals surface area contributed by atoms with Gasteiger partial charge in [0.2, 0.25) is 0 Å². The van der Waals surface area contributed by atoms with Gasteiger partial charge in [-0.3, -0.25) is 0 Å². The van der Waals surface area contributed by atoms with Gasteiger partial charge in [-0.25, -0.2) is 4.39 Å². The standard InChI is InChI=1S/C11H15FN2/c12-10-3-1-2-4-11(10)14-8-9-5-6-13-7-9/h1-4,9,13-14H,5-8H2. The number of hydrogen-bond donors (Lipinski definition) is 2. The maximum absolute atomic E-state index is 13.2. The second-order valence-corrected chi connectivity index (χ2v) is 3.72. The van der Waals surface area contributed by atoms with Gasteiger partial charge in [-0.05, 0) is 37.6 Å². The summed E-state index contributed by atoms with van der Waals surface area (Å²) in [5.41, 5.74) is 0.611. The van der Waals surface area contributed by atoms with Crippen molar-refractivity contribution in [1.29, 1.82) is 0 Å². The van der Waals surface area contributed by atoms with Crippen molar-refractivity contribution in [3.63, 3.8) is 0 Å². The van der Waals surface area contributed by atoms with Gasteiger partial charge >= 0.3 is 0 Å². The first-order chi connectivity index (χ1) is 6.86. The summed E-state index contributed by atoms with van der Waals surface area (Å²) in [6.45, 7) is 2.99. The van der Waals surface area contributed by atoms with E-state index in [1.807, 2.05) is 6.07 Å². The first-order valence-corrected chi connectivity index (χ1v) is 5.05. The molecule has 1 saturated heterocycles. The molecule has 2 nitrogen and oxygen atoms in total. The van der Waals surface area contributed by atoms with Crippen molar-refractivity contribution in [3.05, 3.63) is 30.1 Å². The van der Waals surface area contributed by atoms with E-state index in [4.69, 9.17) is 0 Å². The lowest BCUT2D eigenvalue weighted by atomic mass is 10.1. The van der Waals surface area contributed by atoms with E-state index < -0.39 is 0 Å². The van der Waals surface area contributed by atoms with E-state index in [-0.39, 0.29) is 5.82 Å². The molecule has 0 bridgehead atoms. The van der Waals surface area contributed by atoms with E-state index in [1.54, 1.807) is 12.1 Å². The van der Waals surface area contributed by atoms with Crippen molar-refractivity contribution in [3.8, 4) is 0 Å².